The third-order valence-corrected chi connectivity index (χ3v) is 6.03. The molecule has 0 bridgehead atoms. The molecule has 3 fully saturated rings. The van der Waals surface area contributed by atoms with Crippen LogP contribution >= 0.6 is 0 Å². The molecule has 138 valence electrons. The molecule has 1 aliphatic carbocycles. The number of fused-ring (bicyclic) bond motifs is 1. The van der Waals surface area contributed by atoms with Gasteiger partial charge in [-0.2, -0.15) is 5.10 Å². The van der Waals surface area contributed by atoms with E-state index < -0.39 is 0 Å². The lowest BCUT2D eigenvalue weighted by atomic mass is 10.1. The Kier molecular flexibility index (Phi) is 4.04. The van der Waals surface area contributed by atoms with E-state index in [9.17, 15) is 4.79 Å². The largest absolute Gasteiger partial charge is 0.367 e. The fourth-order valence-electron chi connectivity index (χ4n) is 4.40. The highest BCUT2D eigenvalue weighted by atomic mass is 16.2. The first-order valence-corrected chi connectivity index (χ1v) is 9.87. The molecule has 2 aliphatic heterocycles. The molecule has 1 saturated carbocycles. The van der Waals surface area contributed by atoms with Crippen molar-refractivity contribution in [2.75, 3.05) is 37.6 Å². The number of hydrogen-bond acceptors (Lipinski definition) is 5. The van der Waals surface area contributed by atoms with Crippen LogP contribution in [0.5, 0.6) is 0 Å². The van der Waals surface area contributed by atoms with E-state index in [0.29, 0.717) is 24.3 Å². The monoisotopic (exact) mass is 354 g/mol. The second-order valence-corrected chi connectivity index (χ2v) is 7.83. The molecule has 1 amide bonds. The molecule has 0 unspecified atom stereocenters. The lowest BCUT2D eigenvalue weighted by Gasteiger charge is -2.37. The predicted octanol–water partition coefficient (Wildman–Crippen LogP) is 1.63. The van der Waals surface area contributed by atoms with Crippen LogP contribution in [-0.2, 0) is 4.79 Å². The number of aromatic amines is 1. The summed E-state index contributed by atoms with van der Waals surface area (Å²) in [7, 11) is 0. The molecule has 3 aliphatic rings. The van der Waals surface area contributed by atoms with Crippen LogP contribution in [0.2, 0.25) is 0 Å². The van der Waals surface area contributed by atoms with Crippen molar-refractivity contribution < 1.29 is 4.79 Å². The van der Waals surface area contributed by atoms with Gasteiger partial charge in [-0.05, 0) is 43.7 Å². The normalized spacial score (nSPS) is 23.8. The zero-order valence-electron chi connectivity index (χ0n) is 15.1. The van der Waals surface area contributed by atoms with E-state index in [4.69, 9.17) is 0 Å². The maximum absolute atomic E-state index is 12.6. The van der Waals surface area contributed by atoms with Gasteiger partial charge < -0.3 is 15.1 Å². The molecule has 4 heterocycles. The lowest BCUT2D eigenvalue weighted by molar-refractivity contribution is -0.131. The highest BCUT2D eigenvalue weighted by molar-refractivity contribution is 5.91. The van der Waals surface area contributed by atoms with Crippen molar-refractivity contribution in [3.05, 3.63) is 18.0 Å². The summed E-state index contributed by atoms with van der Waals surface area (Å²) in [5, 5.41) is 11.7. The smallest absolute Gasteiger partial charge is 0.224 e. The molecule has 7 nitrogen and oxygen atoms in total. The van der Waals surface area contributed by atoms with Crippen LogP contribution in [0, 0.1) is 0 Å². The highest BCUT2D eigenvalue weighted by Gasteiger charge is 2.32. The second-order valence-electron chi connectivity index (χ2n) is 7.83. The van der Waals surface area contributed by atoms with Crippen LogP contribution in [-0.4, -0.2) is 64.8 Å². The number of amides is 1. The number of hydrogen-bond donors (Lipinski definition) is 2. The standard InChI is InChI=1S/C19H26N6O/c26-17(10-14-2-1-5-20-14)24-6-8-25(9-7-24)18-15(13-3-4-13)11-21-19-16(18)12-22-23-19/h11-14,20H,1-10H2,(H,21,22,23)/t14-/m1/s1. The molecule has 5 rings (SSSR count). The van der Waals surface area contributed by atoms with Crippen molar-refractivity contribution in [2.24, 2.45) is 0 Å². The molecular formula is C19H26N6O. The number of carbonyl (C=O) groups excluding carboxylic acids is 1. The van der Waals surface area contributed by atoms with Crippen LogP contribution in [0.15, 0.2) is 12.4 Å². The number of H-pyrrole nitrogens is 1. The zero-order valence-corrected chi connectivity index (χ0v) is 15.1. The summed E-state index contributed by atoms with van der Waals surface area (Å²) < 4.78 is 0. The highest BCUT2D eigenvalue weighted by Crippen LogP contribution is 2.46. The maximum Gasteiger partial charge on any atom is 0.224 e. The van der Waals surface area contributed by atoms with Crippen LogP contribution in [0.4, 0.5) is 5.69 Å². The Bertz CT molecular complexity index is 799. The average Bonchev–Trinajstić information content (AvgIpc) is 3.17. The van der Waals surface area contributed by atoms with E-state index in [1.54, 1.807) is 0 Å². The Balaban J connectivity index is 1.31. The Morgan fingerprint density at radius 3 is 2.73 bits per heavy atom. The summed E-state index contributed by atoms with van der Waals surface area (Å²) in [6, 6.07) is 0.382. The molecule has 0 radical (unpaired) electrons. The molecule has 1 atom stereocenters. The van der Waals surface area contributed by atoms with Crippen LogP contribution in [0.1, 0.15) is 43.6 Å². The molecule has 2 aromatic rings. The number of anilines is 1. The Hall–Kier alpha value is -2.15. The number of nitrogens with zero attached hydrogens (tertiary/aromatic N) is 4. The third-order valence-electron chi connectivity index (χ3n) is 6.03. The minimum absolute atomic E-state index is 0.301. The number of carbonyl (C=O) groups is 1. The van der Waals surface area contributed by atoms with Gasteiger partial charge in [0.25, 0.3) is 0 Å². The topological polar surface area (TPSA) is 77.2 Å². The van der Waals surface area contributed by atoms with E-state index in [1.165, 1.54) is 30.5 Å². The van der Waals surface area contributed by atoms with E-state index in [-0.39, 0.29) is 0 Å². The second kappa shape index (κ2) is 6.54. The van der Waals surface area contributed by atoms with Gasteiger partial charge in [0, 0.05) is 44.8 Å². The number of aromatic nitrogens is 3. The summed E-state index contributed by atoms with van der Waals surface area (Å²) >= 11 is 0. The van der Waals surface area contributed by atoms with Crippen molar-refractivity contribution in [2.45, 2.75) is 44.1 Å². The van der Waals surface area contributed by atoms with Crippen LogP contribution in [0.3, 0.4) is 0 Å². The summed E-state index contributed by atoms with van der Waals surface area (Å²) in [6.45, 7) is 4.43. The van der Waals surface area contributed by atoms with Crippen molar-refractivity contribution in [3.63, 3.8) is 0 Å². The number of pyridine rings is 1. The minimum atomic E-state index is 0.301. The van der Waals surface area contributed by atoms with E-state index in [1.807, 2.05) is 17.3 Å². The number of nitrogens with one attached hydrogen (secondary N) is 2. The Morgan fingerprint density at radius 2 is 2.00 bits per heavy atom. The fraction of sp³-hybridized carbons (Fsp3) is 0.632. The van der Waals surface area contributed by atoms with E-state index in [0.717, 1.165) is 50.2 Å². The van der Waals surface area contributed by atoms with Gasteiger partial charge in [-0.3, -0.25) is 9.89 Å². The molecule has 2 aromatic heterocycles. The van der Waals surface area contributed by atoms with Crippen LogP contribution < -0.4 is 10.2 Å². The number of rotatable bonds is 4. The summed E-state index contributed by atoms with van der Waals surface area (Å²) in [6.07, 6.45) is 9.40. The van der Waals surface area contributed by atoms with Gasteiger partial charge in [-0.25, -0.2) is 4.98 Å². The van der Waals surface area contributed by atoms with Crippen molar-refractivity contribution in [3.8, 4) is 0 Å². The van der Waals surface area contributed by atoms with Crippen LogP contribution in [0.25, 0.3) is 11.0 Å². The van der Waals surface area contributed by atoms with Crippen molar-refractivity contribution in [1.29, 1.82) is 0 Å². The summed E-state index contributed by atoms with van der Waals surface area (Å²) in [4.78, 5) is 21.6. The van der Waals surface area contributed by atoms with Gasteiger partial charge in [0.05, 0.1) is 17.3 Å². The molecule has 0 aromatic carbocycles. The van der Waals surface area contributed by atoms with Gasteiger partial charge in [0.15, 0.2) is 5.65 Å². The Morgan fingerprint density at radius 1 is 1.15 bits per heavy atom. The van der Waals surface area contributed by atoms with Crippen molar-refractivity contribution >= 4 is 22.6 Å². The van der Waals surface area contributed by atoms with Gasteiger partial charge in [-0.1, -0.05) is 0 Å². The lowest BCUT2D eigenvalue weighted by Crippen LogP contribution is -2.50. The van der Waals surface area contributed by atoms with E-state index in [2.05, 4.69) is 25.4 Å². The first kappa shape index (κ1) is 16.1. The SMILES string of the molecule is O=C(C[C@H]1CCCN1)N1CCN(c2c(C3CC3)cnc3[nH]ncc23)CC1. The van der Waals surface area contributed by atoms with Gasteiger partial charge in [0.1, 0.15) is 0 Å². The van der Waals surface area contributed by atoms with Gasteiger partial charge >= 0.3 is 0 Å². The summed E-state index contributed by atoms with van der Waals surface area (Å²) in [5.74, 6) is 0.944. The maximum atomic E-state index is 12.6. The van der Waals surface area contributed by atoms with Gasteiger partial charge in [0.2, 0.25) is 5.91 Å². The fourth-order valence-corrected chi connectivity index (χ4v) is 4.40. The molecule has 0 spiro atoms. The molecular weight excluding hydrogens is 328 g/mol. The minimum Gasteiger partial charge on any atom is -0.367 e. The van der Waals surface area contributed by atoms with Crippen molar-refractivity contribution in [1.82, 2.24) is 25.4 Å². The Labute approximate surface area is 153 Å². The molecule has 2 N–H and O–H groups in total. The average molecular weight is 354 g/mol. The molecule has 2 saturated heterocycles. The zero-order chi connectivity index (χ0) is 17.5. The summed E-state index contributed by atoms with van der Waals surface area (Å²) in [5.41, 5.74) is 3.50. The van der Waals surface area contributed by atoms with Gasteiger partial charge in [-0.15, -0.1) is 0 Å². The third kappa shape index (κ3) is 2.94. The first-order valence-electron chi connectivity index (χ1n) is 9.87. The molecule has 26 heavy (non-hydrogen) atoms. The number of piperazine rings is 1. The molecule has 7 heteroatoms. The predicted molar refractivity (Wildman–Crippen MR) is 100 cm³/mol. The quantitative estimate of drug-likeness (QED) is 0.873. The first-order chi connectivity index (χ1) is 12.8. The van der Waals surface area contributed by atoms with E-state index >= 15 is 0 Å².